The third kappa shape index (κ3) is 4.12. The molecule has 2 rings (SSSR count). The summed E-state index contributed by atoms with van der Waals surface area (Å²) in [4.78, 5) is 15.8. The Bertz CT molecular complexity index is 408. The zero-order valence-corrected chi connectivity index (χ0v) is 11.9. The molecule has 18 heavy (non-hydrogen) atoms. The summed E-state index contributed by atoms with van der Waals surface area (Å²) in [6.45, 7) is 2.47. The molecule has 1 fully saturated rings. The van der Waals surface area contributed by atoms with Crippen LogP contribution >= 0.6 is 24.8 Å². The van der Waals surface area contributed by atoms with Crippen LogP contribution in [0.25, 0.3) is 0 Å². The topological polar surface area (TPSA) is 68.0 Å². The van der Waals surface area contributed by atoms with Gasteiger partial charge in [0.2, 0.25) is 0 Å². The third-order valence-electron chi connectivity index (χ3n) is 3.09. The molecule has 102 valence electrons. The van der Waals surface area contributed by atoms with Gasteiger partial charge < -0.3 is 11.1 Å². The fraction of sp³-hybridized carbons (Fsp3) is 0.500. The number of hydrogen-bond donors (Lipinski definition) is 2. The highest BCUT2D eigenvalue weighted by molar-refractivity contribution is 5.94. The van der Waals surface area contributed by atoms with Crippen LogP contribution in [0.3, 0.4) is 0 Å². The number of carbonyl (C=O) groups is 1. The van der Waals surface area contributed by atoms with Gasteiger partial charge in [-0.1, -0.05) is 0 Å². The molecule has 0 radical (unpaired) electrons. The first-order valence-electron chi connectivity index (χ1n) is 5.58. The van der Waals surface area contributed by atoms with Crippen LogP contribution in [0.1, 0.15) is 35.2 Å². The number of halogens is 2. The van der Waals surface area contributed by atoms with E-state index in [0.29, 0.717) is 12.1 Å². The number of nitrogens with one attached hydrogen (secondary N) is 1. The Morgan fingerprint density at radius 3 is 2.61 bits per heavy atom. The summed E-state index contributed by atoms with van der Waals surface area (Å²) >= 11 is 0. The van der Waals surface area contributed by atoms with Crippen LogP contribution in [0.4, 0.5) is 0 Å². The molecule has 0 aromatic carbocycles. The molecule has 0 unspecified atom stereocenters. The molecule has 3 N–H and O–H groups in total. The monoisotopic (exact) mass is 291 g/mol. The molecule has 1 heterocycles. The Morgan fingerprint density at radius 1 is 1.44 bits per heavy atom. The normalized spacial score (nSPS) is 15.7. The van der Waals surface area contributed by atoms with Gasteiger partial charge in [0, 0.05) is 24.5 Å². The standard InChI is InChI=1S/C12H17N3O.2ClH/c1-9-5-10(7-14-6-9)11(16)15-8-12(13)3-2-4-12;;/h5-7H,2-4,8,13H2,1H3,(H,15,16);2*1H. The van der Waals surface area contributed by atoms with Gasteiger partial charge in [-0.25, -0.2) is 0 Å². The van der Waals surface area contributed by atoms with Crippen molar-refractivity contribution >= 4 is 30.7 Å². The molecular weight excluding hydrogens is 273 g/mol. The highest BCUT2D eigenvalue weighted by Crippen LogP contribution is 2.28. The smallest absolute Gasteiger partial charge is 0.252 e. The van der Waals surface area contributed by atoms with Gasteiger partial charge in [0.05, 0.1) is 5.56 Å². The summed E-state index contributed by atoms with van der Waals surface area (Å²) in [7, 11) is 0. The Hall–Kier alpha value is -0.840. The Labute approximate surface area is 120 Å². The van der Waals surface area contributed by atoms with Crippen LogP contribution < -0.4 is 11.1 Å². The molecule has 1 saturated carbocycles. The number of aryl methyl sites for hydroxylation is 1. The minimum absolute atomic E-state index is 0. The van der Waals surface area contributed by atoms with Crippen LogP contribution in [-0.2, 0) is 0 Å². The average Bonchev–Trinajstić information content (AvgIpc) is 2.23. The van der Waals surface area contributed by atoms with Gasteiger partial charge in [-0.3, -0.25) is 9.78 Å². The number of rotatable bonds is 3. The van der Waals surface area contributed by atoms with Crippen LogP contribution in [-0.4, -0.2) is 23.0 Å². The molecule has 1 aromatic rings. The molecule has 1 aliphatic rings. The van der Waals surface area contributed by atoms with Crippen LogP contribution in [0.2, 0.25) is 0 Å². The highest BCUT2D eigenvalue weighted by Gasteiger charge is 2.32. The number of aromatic nitrogens is 1. The summed E-state index contributed by atoms with van der Waals surface area (Å²) in [6.07, 6.45) is 6.47. The van der Waals surface area contributed by atoms with Crippen molar-refractivity contribution in [3.05, 3.63) is 29.6 Å². The quantitative estimate of drug-likeness (QED) is 0.893. The van der Waals surface area contributed by atoms with Gasteiger partial charge in [0.15, 0.2) is 0 Å². The second-order valence-electron chi connectivity index (χ2n) is 4.65. The van der Waals surface area contributed by atoms with Crippen molar-refractivity contribution < 1.29 is 4.79 Å². The van der Waals surface area contributed by atoms with E-state index >= 15 is 0 Å². The summed E-state index contributed by atoms with van der Waals surface area (Å²) < 4.78 is 0. The molecule has 0 aliphatic heterocycles. The lowest BCUT2D eigenvalue weighted by Gasteiger charge is -2.38. The molecule has 6 heteroatoms. The minimum atomic E-state index is -0.174. The van der Waals surface area contributed by atoms with Gasteiger partial charge in [-0.05, 0) is 37.8 Å². The lowest BCUT2D eigenvalue weighted by Crippen LogP contribution is -2.54. The van der Waals surface area contributed by atoms with E-state index in [9.17, 15) is 4.79 Å². The van der Waals surface area contributed by atoms with Crippen molar-refractivity contribution in [3.63, 3.8) is 0 Å². The molecule has 0 bridgehead atoms. The summed E-state index contributed by atoms with van der Waals surface area (Å²) in [6, 6.07) is 1.83. The fourth-order valence-electron chi connectivity index (χ4n) is 1.85. The molecule has 4 nitrogen and oxygen atoms in total. The van der Waals surface area contributed by atoms with Crippen molar-refractivity contribution in [2.75, 3.05) is 6.54 Å². The molecule has 0 spiro atoms. The maximum atomic E-state index is 11.8. The van der Waals surface area contributed by atoms with E-state index in [4.69, 9.17) is 5.73 Å². The first kappa shape index (κ1) is 17.2. The van der Waals surface area contributed by atoms with E-state index in [0.717, 1.165) is 18.4 Å². The summed E-state index contributed by atoms with van der Waals surface area (Å²) in [5.74, 6) is -0.0899. The number of hydrogen-bond acceptors (Lipinski definition) is 3. The van der Waals surface area contributed by atoms with E-state index in [2.05, 4.69) is 10.3 Å². The first-order chi connectivity index (χ1) is 7.59. The van der Waals surface area contributed by atoms with Gasteiger partial charge in [0.1, 0.15) is 0 Å². The predicted octanol–water partition coefficient (Wildman–Crippen LogP) is 1.84. The molecular formula is C12H19Cl2N3O. The second-order valence-corrected chi connectivity index (χ2v) is 4.65. The Morgan fingerprint density at radius 2 is 2.11 bits per heavy atom. The first-order valence-corrected chi connectivity index (χ1v) is 5.58. The molecule has 1 aliphatic carbocycles. The highest BCUT2D eigenvalue weighted by atomic mass is 35.5. The zero-order chi connectivity index (χ0) is 11.6. The number of nitrogens with zero attached hydrogens (tertiary/aromatic N) is 1. The van der Waals surface area contributed by atoms with Crippen LogP contribution in [0, 0.1) is 6.92 Å². The van der Waals surface area contributed by atoms with E-state index in [1.807, 2.05) is 13.0 Å². The third-order valence-corrected chi connectivity index (χ3v) is 3.09. The molecule has 1 amide bonds. The van der Waals surface area contributed by atoms with E-state index in [1.54, 1.807) is 12.4 Å². The van der Waals surface area contributed by atoms with Gasteiger partial charge in [-0.2, -0.15) is 0 Å². The van der Waals surface area contributed by atoms with Crippen molar-refractivity contribution in [2.45, 2.75) is 31.7 Å². The van der Waals surface area contributed by atoms with Gasteiger partial charge >= 0.3 is 0 Å². The van der Waals surface area contributed by atoms with E-state index < -0.39 is 0 Å². The fourth-order valence-corrected chi connectivity index (χ4v) is 1.85. The van der Waals surface area contributed by atoms with Crippen LogP contribution in [0.15, 0.2) is 18.5 Å². The molecule has 1 aromatic heterocycles. The van der Waals surface area contributed by atoms with Crippen molar-refractivity contribution in [2.24, 2.45) is 5.73 Å². The summed E-state index contributed by atoms with van der Waals surface area (Å²) in [5, 5.41) is 2.86. The van der Waals surface area contributed by atoms with Crippen LogP contribution in [0.5, 0.6) is 0 Å². The van der Waals surface area contributed by atoms with Crippen molar-refractivity contribution in [1.29, 1.82) is 0 Å². The lowest BCUT2D eigenvalue weighted by atomic mass is 9.78. The van der Waals surface area contributed by atoms with Crippen molar-refractivity contribution in [3.8, 4) is 0 Å². The number of pyridine rings is 1. The lowest BCUT2D eigenvalue weighted by molar-refractivity contribution is 0.0929. The molecule has 0 saturated heterocycles. The maximum Gasteiger partial charge on any atom is 0.252 e. The summed E-state index contributed by atoms with van der Waals surface area (Å²) in [5.41, 5.74) is 7.44. The number of carbonyl (C=O) groups excluding carboxylic acids is 1. The largest absolute Gasteiger partial charge is 0.350 e. The van der Waals surface area contributed by atoms with Gasteiger partial charge in [-0.15, -0.1) is 24.8 Å². The number of nitrogens with two attached hydrogens (primary N) is 1. The van der Waals surface area contributed by atoms with E-state index in [1.165, 1.54) is 6.42 Å². The Kier molecular flexibility index (Phi) is 6.60. The second kappa shape index (κ2) is 6.92. The minimum Gasteiger partial charge on any atom is -0.350 e. The Balaban J connectivity index is 0.00000144. The number of amides is 1. The zero-order valence-electron chi connectivity index (χ0n) is 10.3. The van der Waals surface area contributed by atoms with Gasteiger partial charge in [0.25, 0.3) is 5.91 Å². The average molecular weight is 292 g/mol. The van der Waals surface area contributed by atoms with E-state index in [-0.39, 0.29) is 36.3 Å². The van der Waals surface area contributed by atoms with Crippen molar-refractivity contribution in [1.82, 2.24) is 10.3 Å². The SMILES string of the molecule is Cc1cncc(C(=O)NCC2(N)CCC2)c1.Cl.Cl. The molecule has 0 atom stereocenters. The maximum absolute atomic E-state index is 11.8. The predicted molar refractivity (Wildman–Crippen MR) is 76.6 cm³/mol.